The van der Waals surface area contributed by atoms with Crippen LogP contribution in [0.25, 0.3) is 0 Å². The number of hydrogen-bond acceptors (Lipinski definition) is 6. The van der Waals surface area contributed by atoms with Crippen LogP contribution < -0.4 is 0 Å². The van der Waals surface area contributed by atoms with Gasteiger partial charge in [0, 0.05) is 18.3 Å². The quantitative estimate of drug-likeness (QED) is 0.653. The first-order valence-electron chi connectivity index (χ1n) is 12.4. The van der Waals surface area contributed by atoms with E-state index in [2.05, 4.69) is 13.8 Å². The molecule has 1 N–H and O–H groups in total. The fourth-order valence-electron chi connectivity index (χ4n) is 8.50. The average Bonchev–Trinajstić information content (AvgIpc) is 3.23. The van der Waals surface area contributed by atoms with Gasteiger partial charge < -0.3 is 14.6 Å². The smallest absolute Gasteiger partial charge is 0.312 e. The van der Waals surface area contributed by atoms with Gasteiger partial charge in [0.25, 0.3) is 0 Å². The molecule has 1 saturated heterocycles. The van der Waals surface area contributed by atoms with Crippen LogP contribution in [0.3, 0.4) is 0 Å². The summed E-state index contributed by atoms with van der Waals surface area (Å²) in [4.78, 5) is 37.9. The Hall–Kier alpha value is -1.69. The van der Waals surface area contributed by atoms with E-state index in [1.165, 1.54) is 0 Å². The number of ether oxygens (including phenoxy) is 2. The summed E-state index contributed by atoms with van der Waals surface area (Å²) in [6.45, 7) is 8.07. The highest BCUT2D eigenvalue weighted by molar-refractivity contribution is 5.92. The van der Waals surface area contributed by atoms with Gasteiger partial charge >= 0.3 is 11.9 Å². The minimum Gasteiger partial charge on any atom is -0.463 e. The van der Waals surface area contributed by atoms with E-state index in [1.54, 1.807) is 6.08 Å². The predicted octanol–water partition coefficient (Wildman–Crippen LogP) is 3.74. The van der Waals surface area contributed by atoms with Crippen LogP contribution in [-0.2, 0) is 23.9 Å². The lowest BCUT2D eigenvalue weighted by atomic mass is 9.43. The summed E-state index contributed by atoms with van der Waals surface area (Å²) in [5.41, 5.74) is -0.227. The fourth-order valence-corrected chi connectivity index (χ4v) is 8.50. The zero-order valence-corrected chi connectivity index (χ0v) is 19.7. The van der Waals surface area contributed by atoms with Crippen molar-refractivity contribution in [3.05, 3.63) is 11.6 Å². The monoisotopic (exact) mass is 444 g/mol. The molecule has 8 atom stereocenters. The minimum absolute atomic E-state index is 0.0317. The molecule has 3 saturated carbocycles. The second-order valence-corrected chi connectivity index (χ2v) is 11.7. The van der Waals surface area contributed by atoms with Gasteiger partial charge in [-0.3, -0.25) is 14.4 Å². The fraction of sp³-hybridized carbons (Fsp3) is 0.808. The van der Waals surface area contributed by atoms with E-state index in [4.69, 9.17) is 9.47 Å². The lowest BCUT2D eigenvalue weighted by molar-refractivity contribution is -0.188. The largest absolute Gasteiger partial charge is 0.463 e. The Morgan fingerprint density at radius 2 is 1.81 bits per heavy atom. The zero-order chi connectivity index (χ0) is 23.1. The molecule has 0 radical (unpaired) electrons. The number of ketones is 1. The number of fused-ring (bicyclic) bond motifs is 6. The zero-order valence-electron chi connectivity index (χ0n) is 19.7. The van der Waals surface area contributed by atoms with E-state index in [1.807, 2.05) is 13.8 Å². The standard InChI is InChI=1S/C26H36O6/c1-14(2)31-23(30)21-20-16(24(3)9-5-15(27)13-18(24)22(21)29)6-10-25(4)17(20)7-11-26(25)12-8-19(28)32-26/h13-14,16-17,20-22,29H,5-12H2,1-4H3/t16?,17?,20?,21?,22?,24?,25?,26-/m1/s1. The van der Waals surface area contributed by atoms with Crippen molar-refractivity contribution in [1.29, 1.82) is 0 Å². The van der Waals surface area contributed by atoms with Crippen LogP contribution in [0.2, 0.25) is 0 Å². The molecule has 32 heavy (non-hydrogen) atoms. The maximum absolute atomic E-state index is 13.4. The van der Waals surface area contributed by atoms with E-state index in [0.717, 1.165) is 37.7 Å². The van der Waals surface area contributed by atoms with Gasteiger partial charge in [-0.15, -0.1) is 0 Å². The normalized spacial score (nSPS) is 47.6. The predicted molar refractivity (Wildman–Crippen MR) is 116 cm³/mol. The summed E-state index contributed by atoms with van der Waals surface area (Å²) >= 11 is 0. The first-order valence-corrected chi connectivity index (χ1v) is 12.4. The maximum Gasteiger partial charge on any atom is 0.312 e. The Labute approximate surface area is 190 Å². The SMILES string of the molecule is CC(C)OC(=O)C1C(O)C2=CC(=O)CCC2(C)C2CCC3(C)C(CC[C@@]34CCC(=O)O4)C12. The van der Waals surface area contributed by atoms with Gasteiger partial charge in [0.05, 0.1) is 18.1 Å². The Kier molecular flexibility index (Phi) is 4.94. The molecule has 1 spiro atoms. The van der Waals surface area contributed by atoms with Crippen LogP contribution in [0.1, 0.15) is 79.1 Å². The second kappa shape index (κ2) is 7.15. The van der Waals surface area contributed by atoms with Crippen molar-refractivity contribution in [3.8, 4) is 0 Å². The summed E-state index contributed by atoms with van der Waals surface area (Å²) in [6.07, 6.45) is 6.28. The number of hydrogen-bond donors (Lipinski definition) is 1. The molecule has 0 aromatic heterocycles. The summed E-state index contributed by atoms with van der Waals surface area (Å²) in [7, 11) is 0. The van der Waals surface area contributed by atoms with Gasteiger partial charge in [0.2, 0.25) is 0 Å². The van der Waals surface area contributed by atoms with Crippen LogP contribution in [0.15, 0.2) is 11.6 Å². The third kappa shape index (κ3) is 2.83. The highest BCUT2D eigenvalue weighted by Crippen LogP contribution is 2.70. The molecule has 0 bridgehead atoms. The summed E-state index contributed by atoms with van der Waals surface area (Å²) < 4.78 is 11.7. The molecule has 0 amide bonds. The van der Waals surface area contributed by atoms with Gasteiger partial charge in [-0.2, -0.15) is 0 Å². The molecule has 0 aromatic rings. The Balaban J connectivity index is 1.60. The lowest BCUT2D eigenvalue weighted by Crippen LogP contribution is -2.61. The Morgan fingerprint density at radius 3 is 2.47 bits per heavy atom. The number of esters is 2. The number of carbonyl (C=O) groups excluding carboxylic acids is 3. The van der Waals surface area contributed by atoms with Gasteiger partial charge in [-0.1, -0.05) is 13.8 Å². The average molecular weight is 445 g/mol. The van der Waals surface area contributed by atoms with Crippen molar-refractivity contribution in [1.82, 2.24) is 0 Å². The van der Waals surface area contributed by atoms with Crippen LogP contribution in [0, 0.1) is 34.5 Å². The molecule has 4 aliphatic carbocycles. The molecule has 176 valence electrons. The van der Waals surface area contributed by atoms with Gasteiger partial charge in [-0.05, 0) is 87.2 Å². The molecule has 6 heteroatoms. The molecular weight excluding hydrogens is 408 g/mol. The Bertz CT molecular complexity index is 891. The van der Waals surface area contributed by atoms with E-state index in [9.17, 15) is 19.5 Å². The minimum atomic E-state index is -1.01. The number of aliphatic hydroxyl groups is 1. The van der Waals surface area contributed by atoms with Crippen molar-refractivity contribution >= 4 is 17.7 Å². The maximum atomic E-state index is 13.4. The van der Waals surface area contributed by atoms with E-state index in [0.29, 0.717) is 19.3 Å². The number of rotatable bonds is 2. The van der Waals surface area contributed by atoms with E-state index >= 15 is 0 Å². The summed E-state index contributed by atoms with van der Waals surface area (Å²) in [6, 6.07) is 0. The van der Waals surface area contributed by atoms with E-state index < -0.39 is 17.6 Å². The second-order valence-electron chi connectivity index (χ2n) is 11.7. The van der Waals surface area contributed by atoms with E-state index in [-0.39, 0.29) is 52.4 Å². The van der Waals surface area contributed by atoms with Crippen molar-refractivity contribution in [2.24, 2.45) is 34.5 Å². The number of carbonyl (C=O) groups is 3. The highest BCUT2D eigenvalue weighted by Gasteiger charge is 2.70. The van der Waals surface area contributed by atoms with Crippen LogP contribution in [0.4, 0.5) is 0 Å². The van der Waals surface area contributed by atoms with Crippen molar-refractivity contribution in [2.75, 3.05) is 0 Å². The van der Waals surface area contributed by atoms with Gasteiger partial charge in [0.15, 0.2) is 5.78 Å². The topological polar surface area (TPSA) is 89.9 Å². The van der Waals surface area contributed by atoms with Crippen molar-refractivity contribution < 1.29 is 29.0 Å². The third-order valence-electron chi connectivity index (χ3n) is 10.0. The molecule has 1 aliphatic heterocycles. The molecule has 5 rings (SSSR count). The van der Waals surface area contributed by atoms with Crippen LogP contribution in [0.5, 0.6) is 0 Å². The molecule has 7 unspecified atom stereocenters. The van der Waals surface area contributed by atoms with Gasteiger partial charge in [0.1, 0.15) is 5.60 Å². The lowest BCUT2D eigenvalue weighted by Gasteiger charge is -2.61. The first-order chi connectivity index (χ1) is 15.0. The Morgan fingerprint density at radius 1 is 1.09 bits per heavy atom. The first kappa shape index (κ1) is 22.1. The summed E-state index contributed by atoms with van der Waals surface area (Å²) in [5.74, 6) is -0.825. The molecule has 6 nitrogen and oxygen atoms in total. The number of aliphatic hydroxyl groups excluding tert-OH is 1. The summed E-state index contributed by atoms with van der Waals surface area (Å²) in [5, 5.41) is 11.6. The molecular formula is C26H36O6. The van der Waals surface area contributed by atoms with Crippen molar-refractivity contribution in [3.63, 3.8) is 0 Å². The van der Waals surface area contributed by atoms with Crippen LogP contribution >= 0.6 is 0 Å². The van der Waals surface area contributed by atoms with Gasteiger partial charge in [-0.25, -0.2) is 0 Å². The molecule has 5 aliphatic rings. The molecule has 1 heterocycles. The van der Waals surface area contributed by atoms with Crippen molar-refractivity contribution in [2.45, 2.75) is 96.9 Å². The molecule has 4 fully saturated rings. The molecule has 0 aromatic carbocycles. The highest BCUT2D eigenvalue weighted by atomic mass is 16.6. The van der Waals surface area contributed by atoms with Crippen LogP contribution in [-0.4, -0.2) is 40.6 Å². The third-order valence-corrected chi connectivity index (χ3v) is 10.0.